The first-order valence-electron chi connectivity index (χ1n) is 10.1. The Balaban J connectivity index is 1.40. The van der Waals surface area contributed by atoms with Gasteiger partial charge in [0.25, 0.3) is 0 Å². The Morgan fingerprint density at radius 2 is 1.71 bits per heavy atom. The van der Waals surface area contributed by atoms with E-state index in [4.69, 9.17) is 5.14 Å². The molecule has 2 unspecified atom stereocenters. The molecule has 6 heteroatoms. The fraction of sp³-hybridized carbons (Fsp3) is 0.160. The first-order valence-corrected chi connectivity index (χ1v) is 12.5. The molecule has 0 spiro atoms. The van der Waals surface area contributed by atoms with Crippen LogP contribution in [0.5, 0.6) is 0 Å². The normalized spacial score (nSPS) is 18.2. The maximum absolute atomic E-state index is 13.0. The quantitative estimate of drug-likeness (QED) is 0.417. The molecule has 1 aliphatic carbocycles. The van der Waals surface area contributed by atoms with Crippen LogP contribution < -0.4 is 5.14 Å². The molecule has 0 aliphatic heterocycles. The minimum absolute atomic E-state index is 0.0346. The zero-order valence-electron chi connectivity index (χ0n) is 16.7. The van der Waals surface area contributed by atoms with Crippen molar-refractivity contribution in [3.63, 3.8) is 0 Å². The number of fused-ring (bicyclic) bond motifs is 1. The second-order valence-corrected chi connectivity index (χ2v) is 10.7. The number of hydrogen-bond acceptors (Lipinski definition) is 4. The van der Waals surface area contributed by atoms with Gasteiger partial charge in [0.05, 0.1) is 0 Å². The molecule has 1 heterocycles. The van der Waals surface area contributed by atoms with Crippen molar-refractivity contribution >= 4 is 37.9 Å². The molecule has 0 amide bonds. The SMILES string of the molecule is NS(=O)(=O)c1sccc1C(=O)C1CC1c1ccccc1Cc1ccc2ccccc2c1. The van der Waals surface area contributed by atoms with Crippen LogP contribution in [0.25, 0.3) is 10.8 Å². The van der Waals surface area contributed by atoms with E-state index in [9.17, 15) is 13.2 Å². The summed E-state index contributed by atoms with van der Waals surface area (Å²) < 4.78 is 23.6. The van der Waals surface area contributed by atoms with Gasteiger partial charge in [0.15, 0.2) is 5.78 Å². The van der Waals surface area contributed by atoms with Crippen LogP contribution in [0, 0.1) is 5.92 Å². The molecule has 4 aromatic rings. The summed E-state index contributed by atoms with van der Waals surface area (Å²) in [4.78, 5) is 13.0. The van der Waals surface area contributed by atoms with Crippen molar-refractivity contribution < 1.29 is 13.2 Å². The highest BCUT2D eigenvalue weighted by molar-refractivity contribution is 7.91. The van der Waals surface area contributed by atoms with Crippen LogP contribution in [-0.4, -0.2) is 14.2 Å². The summed E-state index contributed by atoms with van der Waals surface area (Å²) in [5, 5.41) is 9.32. The van der Waals surface area contributed by atoms with Gasteiger partial charge in [-0.2, -0.15) is 0 Å². The average molecular weight is 448 g/mol. The molecule has 31 heavy (non-hydrogen) atoms. The third kappa shape index (κ3) is 3.94. The van der Waals surface area contributed by atoms with Crippen LogP contribution in [-0.2, 0) is 16.4 Å². The maximum atomic E-state index is 13.0. The van der Waals surface area contributed by atoms with Crippen molar-refractivity contribution in [2.45, 2.75) is 23.0 Å². The van der Waals surface area contributed by atoms with E-state index >= 15 is 0 Å². The van der Waals surface area contributed by atoms with E-state index in [1.165, 1.54) is 27.5 Å². The van der Waals surface area contributed by atoms with Gasteiger partial charge in [0, 0.05) is 11.5 Å². The molecule has 2 N–H and O–H groups in total. The predicted molar refractivity (Wildman–Crippen MR) is 124 cm³/mol. The van der Waals surface area contributed by atoms with Gasteiger partial charge in [-0.25, -0.2) is 13.6 Å². The smallest absolute Gasteiger partial charge is 0.248 e. The molecule has 1 aromatic heterocycles. The van der Waals surface area contributed by atoms with E-state index < -0.39 is 10.0 Å². The molecular weight excluding hydrogens is 426 g/mol. The summed E-state index contributed by atoms with van der Waals surface area (Å²) in [6, 6.07) is 24.6. The third-order valence-electron chi connectivity index (χ3n) is 5.94. The minimum Gasteiger partial charge on any atom is -0.294 e. The average Bonchev–Trinajstić information content (AvgIpc) is 3.38. The lowest BCUT2D eigenvalue weighted by molar-refractivity contribution is 0.0963. The van der Waals surface area contributed by atoms with Gasteiger partial charge in [0.2, 0.25) is 10.0 Å². The number of carbonyl (C=O) groups excluding carboxylic acids is 1. The summed E-state index contributed by atoms with van der Waals surface area (Å²) in [5.41, 5.74) is 3.83. The van der Waals surface area contributed by atoms with Crippen LogP contribution in [0.3, 0.4) is 0 Å². The Bertz CT molecular complexity index is 1410. The summed E-state index contributed by atoms with van der Waals surface area (Å²) in [6.07, 6.45) is 1.52. The molecule has 4 nitrogen and oxygen atoms in total. The zero-order valence-corrected chi connectivity index (χ0v) is 18.3. The molecule has 3 aromatic carbocycles. The van der Waals surface area contributed by atoms with Crippen LogP contribution in [0.2, 0.25) is 0 Å². The number of hydrogen-bond donors (Lipinski definition) is 1. The lowest BCUT2D eigenvalue weighted by Crippen LogP contribution is -2.15. The number of Topliss-reactive ketones (excluding diaryl/α,β-unsaturated/α-hetero) is 1. The monoisotopic (exact) mass is 447 g/mol. The molecule has 5 rings (SSSR count). The largest absolute Gasteiger partial charge is 0.294 e. The highest BCUT2D eigenvalue weighted by Crippen LogP contribution is 2.51. The van der Waals surface area contributed by atoms with Gasteiger partial charge in [-0.05, 0) is 57.7 Å². The molecule has 1 saturated carbocycles. The second-order valence-electron chi connectivity index (χ2n) is 8.04. The number of carbonyl (C=O) groups is 1. The topological polar surface area (TPSA) is 77.2 Å². The van der Waals surface area contributed by atoms with Crippen molar-refractivity contribution in [2.24, 2.45) is 11.1 Å². The predicted octanol–water partition coefficient (Wildman–Crippen LogP) is 5.13. The van der Waals surface area contributed by atoms with Crippen molar-refractivity contribution in [3.8, 4) is 0 Å². The molecule has 1 fully saturated rings. The Hall–Kier alpha value is -2.80. The number of nitrogens with two attached hydrogens (primary N) is 1. The van der Waals surface area contributed by atoms with Crippen molar-refractivity contribution in [3.05, 3.63) is 100 Å². The Morgan fingerprint density at radius 3 is 2.52 bits per heavy atom. The van der Waals surface area contributed by atoms with Gasteiger partial charge in [-0.1, -0.05) is 66.7 Å². The minimum atomic E-state index is -3.89. The number of sulfonamides is 1. The Morgan fingerprint density at radius 1 is 0.968 bits per heavy atom. The third-order valence-corrected chi connectivity index (χ3v) is 8.37. The number of primary sulfonamides is 1. The summed E-state index contributed by atoms with van der Waals surface area (Å²) in [6.45, 7) is 0. The van der Waals surface area contributed by atoms with Crippen molar-refractivity contribution in [1.29, 1.82) is 0 Å². The first-order chi connectivity index (χ1) is 14.9. The van der Waals surface area contributed by atoms with E-state index in [0.717, 1.165) is 24.2 Å². The molecular formula is C25H21NO3S2. The van der Waals surface area contributed by atoms with Crippen LogP contribution in [0.4, 0.5) is 0 Å². The van der Waals surface area contributed by atoms with Crippen LogP contribution >= 0.6 is 11.3 Å². The molecule has 2 atom stereocenters. The fourth-order valence-corrected chi connectivity index (χ4v) is 6.15. The van der Waals surface area contributed by atoms with Gasteiger partial charge in [0.1, 0.15) is 4.21 Å². The van der Waals surface area contributed by atoms with Crippen LogP contribution in [0.15, 0.2) is 82.4 Å². The fourth-order valence-electron chi connectivity index (χ4n) is 4.35. The lowest BCUT2D eigenvalue weighted by Gasteiger charge is -2.10. The van der Waals surface area contributed by atoms with Gasteiger partial charge >= 0.3 is 0 Å². The van der Waals surface area contributed by atoms with Crippen molar-refractivity contribution in [1.82, 2.24) is 0 Å². The van der Waals surface area contributed by atoms with E-state index in [2.05, 4.69) is 42.5 Å². The maximum Gasteiger partial charge on any atom is 0.248 e. The van der Waals surface area contributed by atoms with E-state index in [-0.39, 0.29) is 27.4 Å². The molecule has 1 aliphatic rings. The number of ketones is 1. The van der Waals surface area contributed by atoms with Crippen molar-refractivity contribution in [2.75, 3.05) is 0 Å². The molecule has 0 saturated heterocycles. The molecule has 0 bridgehead atoms. The number of benzene rings is 3. The van der Waals surface area contributed by atoms with E-state index in [0.29, 0.717) is 0 Å². The summed E-state index contributed by atoms with van der Waals surface area (Å²) in [5.74, 6) is -0.221. The van der Waals surface area contributed by atoms with Gasteiger partial charge in [-0.15, -0.1) is 11.3 Å². The second kappa shape index (κ2) is 7.71. The Labute approximate surface area is 185 Å². The highest BCUT2D eigenvalue weighted by atomic mass is 32.2. The summed E-state index contributed by atoms with van der Waals surface area (Å²) in [7, 11) is -3.89. The summed E-state index contributed by atoms with van der Waals surface area (Å²) >= 11 is 0.999. The number of rotatable bonds is 6. The lowest BCUT2D eigenvalue weighted by atomic mass is 9.94. The highest BCUT2D eigenvalue weighted by Gasteiger charge is 2.46. The van der Waals surface area contributed by atoms with Gasteiger partial charge in [-0.3, -0.25) is 4.79 Å². The van der Waals surface area contributed by atoms with E-state index in [1.54, 1.807) is 11.4 Å². The standard InChI is InChI=1S/C25H21NO3S2/c26-31(28,29)25-21(11-12-30-25)24(27)23-15-22(23)20-8-4-3-7-19(20)14-16-9-10-17-5-1-2-6-18(17)13-16/h1-13,22-23H,14-15H2,(H2,26,28,29). The van der Waals surface area contributed by atoms with Crippen LogP contribution in [0.1, 0.15) is 39.4 Å². The first kappa shape index (κ1) is 20.1. The Kier molecular flexibility index (Phi) is 5.01. The number of thiophene rings is 1. The van der Waals surface area contributed by atoms with Gasteiger partial charge < -0.3 is 0 Å². The zero-order chi connectivity index (χ0) is 21.6. The van der Waals surface area contributed by atoms with E-state index in [1.807, 2.05) is 24.3 Å². The molecule has 0 radical (unpaired) electrons. The molecule has 156 valence electrons.